The van der Waals surface area contributed by atoms with Crippen LogP contribution in [0.3, 0.4) is 0 Å². The molecule has 0 saturated carbocycles. The third kappa shape index (κ3) is 23.3. The van der Waals surface area contributed by atoms with Crippen molar-refractivity contribution in [2.75, 3.05) is 79.5 Å². The summed E-state index contributed by atoms with van der Waals surface area (Å²) in [7, 11) is 4.67. The quantitative estimate of drug-likeness (QED) is 0.0421. The SMILES string of the molecule is C1CCOC1.COc1c(C#N)cccc1[N+](=O)[O-].COc1c(N)cccc1C#N.COc1c(N)cccc1C#N.N#Cc1cccc([N+](=O)[O-])c1O.[2H]C([2H])([2H])NC(=O)c1nnc(Cl)cc1Cl.[2H]C([2H])([2H])NC(=O)c1nnc(Cl)cc1Nc1cccc(C#N)c1OC.[2H]CF. The highest BCUT2D eigenvalue weighted by molar-refractivity contribution is 6.35. The number of carbonyl (C=O) groups is 2. The van der Waals surface area contributed by atoms with E-state index in [0.717, 1.165) is 19.3 Å². The molecular weight excluding hydrogens is 1210 g/mol. The topological polar surface area (TPSA) is 445 Å². The number of aromatic hydroxyl groups is 1. The van der Waals surface area contributed by atoms with Crippen LogP contribution >= 0.6 is 34.8 Å². The lowest BCUT2D eigenvalue weighted by Gasteiger charge is -2.14. The first-order valence-electron chi connectivity index (χ1n) is 27.5. The van der Waals surface area contributed by atoms with Gasteiger partial charge in [0.1, 0.15) is 41.5 Å². The molecule has 88 heavy (non-hydrogen) atoms. The molecule has 1 aliphatic rings. The molecule has 8 rings (SSSR count). The number of halogens is 4. The standard InChI is InChI=1S/C14H12ClN5O2.C8H6N2O3.2C8H8N2O.C7H4N2O3.C6H5Cl2N3O.C4H8O.CH3F/c1-17-14(21)12-10(6-11(15)19-20-12)18-9-5-3-4-8(7-16)13(9)22-2;1-13-8-6(5-9)3-2-4-7(8)10(11)12;2*1-11-8-6(5-9)3-2-4-7(8)10;8-4-5-2-1-3-6(7(5)10)9(11)12;1-9-6(12)5-3(7)2-4(8)10-11-5;1-2-4-5-3-1;1-2/h3-6H,1-2H3,(H,17,21)(H,18,19);2-4H,1H3;2*2-4H,10H2,1H3;1-3,10H;2H,1H3,(H,9,12);1-4H2;1H3/i1D3;;;;;1D3;;1D. The van der Waals surface area contributed by atoms with Gasteiger partial charge < -0.3 is 56.2 Å². The average molecular weight is 1280 g/mol. The molecule has 458 valence electrons. The van der Waals surface area contributed by atoms with Crippen molar-refractivity contribution in [1.29, 1.82) is 26.3 Å². The molecule has 0 aliphatic carbocycles. The molecule has 5 aromatic carbocycles. The number of nitrogens with zero attached hydrogens (tertiary/aromatic N) is 11. The van der Waals surface area contributed by atoms with Gasteiger partial charge in [-0.3, -0.25) is 34.2 Å². The number of benzene rings is 5. The Hall–Kier alpha value is -11.4. The molecule has 32 heteroatoms. The van der Waals surface area contributed by atoms with E-state index < -0.39 is 54.2 Å². The number of nitro groups is 2. The number of anilines is 4. The van der Waals surface area contributed by atoms with E-state index in [4.69, 9.17) is 111 Å². The van der Waals surface area contributed by atoms with Gasteiger partial charge in [-0.25, -0.2) is 0 Å². The van der Waals surface area contributed by atoms with Crippen LogP contribution in [0.1, 0.15) is 71.2 Å². The molecule has 0 radical (unpaired) electrons. The summed E-state index contributed by atoms with van der Waals surface area (Å²) in [6.45, 7) is -3.28. The van der Waals surface area contributed by atoms with Gasteiger partial charge in [0.15, 0.2) is 38.9 Å². The van der Waals surface area contributed by atoms with Gasteiger partial charge in [-0.15, -0.1) is 20.4 Å². The van der Waals surface area contributed by atoms with Crippen LogP contribution in [0, 0.1) is 76.9 Å². The number of rotatable bonds is 10. The fraction of sp³-hybridized carbons (Fsp3) is 0.196. The van der Waals surface area contributed by atoms with Gasteiger partial charge in [0, 0.05) is 53.6 Å². The molecule has 0 spiro atoms. The number of nitro benzene ring substituents is 2. The summed E-state index contributed by atoms with van der Waals surface area (Å²) < 4.78 is 82.0. The highest BCUT2D eigenvalue weighted by atomic mass is 35.5. The van der Waals surface area contributed by atoms with Crippen molar-refractivity contribution in [1.82, 2.24) is 31.0 Å². The van der Waals surface area contributed by atoms with Crippen LogP contribution in [0.2, 0.25) is 15.3 Å². The number of ether oxygens (including phenoxy) is 5. The van der Waals surface area contributed by atoms with Crippen molar-refractivity contribution in [3.8, 4) is 59.1 Å². The first-order chi connectivity index (χ1) is 44.9. The monoisotopic (exact) mass is 1270 g/mol. The predicted molar refractivity (Wildman–Crippen MR) is 322 cm³/mol. The number of aromatic nitrogens is 4. The molecule has 1 aliphatic heterocycles. The molecule has 2 amide bonds. The number of hydrogen-bond donors (Lipinski definition) is 6. The summed E-state index contributed by atoms with van der Waals surface area (Å²) in [5.74, 6) is -1.30. The van der Waals surface area contributed by atoms with Gasteiger partial charge in [0.25, 0.3) is 11.8 Å². The Morgan fingerprint density at radius 3 is 1.39 bits per heavy atom. The van der Waals surface area contributed by atoms with E-state index in [1.807, 2.05) is 29.6 Å². The number of nitrogens with two attached hydrogens (primary N) is 2. The van der Waals surface area contributed by atoms with Crippen molar-refractivity contribution in [3.63, 3.8) is 0 Å². The number of carbonyl (C=O) groups excluding carboxylic acids is 2. The second kappa shape index (κ2) is 40.8. The van der Waals surface area contributed by atoms with Gasteiger partial charge in [0.2, 0.25) is 11.5 Å². The largest absolute Gasteiger partial charge is 0.501 e. The van der Waals surface area contributed by atoms with Gasteiger partial charge in [-0.05, 0) is 67.4 Å². The molecule has 0 bridgehead atoms. The average Bonchev–Trinajstić information content (AvgIpc) is 1.34. The molecule has 0 atom stereocenters. The number of nitriles is 5. The molecule has 3 heterocycles. The summed E-state index contributed by atoms with van der Waals surface area (Å²) >= 11 is 16.9. The van der Waals surface area contributed by atoms with Crippen LogP contribution in [0.5, 0.6) is 28.7 Å². The van der Waals surface area contributed by atoms with E-state index in [9.17, 15) is 34.2 Å². The Bertz CT molecular complexity index is 3910. The third-order valence-electron chi connectivity index (χ3n) is 10.2. The number of hydrogen-bond acceptors (Lipinski definition) is 24. The number of nitrogen functional groups attached to an aromatic ring is 2. The van der Waals surface area contributed by atoms with Crippen LogP contribution in [-0.4, -0.2) is 110 Å². The molecule has 7 aromatic rings. The lowest BCUT2D eigenvalue weighted by atomic mass is 10.1. The van der Waals surface area contributed by atoms with Crippen LogP contribution in [-0.2, 0) is 4.74 Å². The number of amides is 2. The zero-order valence-electron chi connectivity index (χ0n) is 53.4. The lowest BCUT2D eigenvalue weighted by molar-refractivity contribution is -0.386. The highest BCUT2D eigenvalue weighted by Gasteiger charge is 2.19. The number of alkyl halides is 1. The molecule has 1 saturated heterocycles. The van der Waals surface area contributed by atoms with Crippen LogP contribution < -0.4 is 46.4 Å². The Labute approximate surface area is 527 Å². The van der Waals surface area contributed by atoms with Crippen molar-refractivity contribution >= 4 is 80.7 Å². The maximum atomic E-state index is 12.1. The Morgan fingerprint density at radius 2 is 0.989 bits per heavy atom. The summed E-state index contributed by atoms with van der Waals surface area (Å²) in [6, 6.07) is 34.8. The van der Waals surface area contributed by atoms with E-state index in [-0.39, 0.29) is 66.3 Å². The Morgan fingerprint density at radius 1 is 0.602 bits per heavy atom. The molecular formula is C56H54Cl3FN16O12. The number of phenolic OH excluding ortho intramolecular Hbond substituents is 1. The molecule has 28 nitrogen and oxygen atoms in total. The maximum Gasteiger partial charge on any atom is 0.312 e. The van der Waals surface area contributed by atoms with Crippen molar-refractivity contribution < 1.29 is 62.2 Å². The predicted octanol–water partition coefficient (Wildman–Crippen LogP) is 9.58. The van der Waals surface area contributed by atoms with E-state index in [1.165, 1.54) is 83.7 Å². The fourth-order valence-corrected chi connectivity index (χ4v) is 6.91. The minimum Gasteiger partial charge on any atom is -0.501 e. The van der Waals surface area contributed by atoms with Crippen LogP contribution in [0.4, 0.5) is 38.5 Å². The maximum absolute atomic E-state index is 12.1. The second-order valence-corrected chi connectivity index (χ2v) is 16.7. The summed E-state index contributed by atoms with van der Waals surface area (Å²) in [4.78, 5) is 42.8. The van der Waals surface area contributed by atoms with E-state index in [1.54, 1.807) is 66.0 Å². The number of methoxy groups -OCH3 is 4. The summed E-state index contributed by atoms with van der Waals surface area (Å²) in [6.07, 6.45) is 2.56. The van der Waals surface area contributed by atoms with Crippen molar-refractivity contribution in [2.24, 2.45) is 0 Å². The number of phenols is 1. The second-order valence-electron chi connectivity index (χ2n) is 15.5. The van der Waals surface area contributed by atoms with E-state index in [0.29, 0.717) is 39.7 Å². The third-order valence-corrected chi connectivity index (χ3v) is 10.8. The van der Waals surface area contributed by atoms with Gasteiger partial charge >= 0.3 is 11.4 Å². The normalized spacial score (nSPS) is 11.3. The molecule has 1 fully saturated rings. The fourth-order valence-electron chi connectivity index (χ4n) is 6.33. The highest BCUT2D eigenvalue weighted by Crippen LogP contribution is 2.33. The zero-order valence-corrected chi connectivity index (χ0v) is 48.6. The first-order valence-corrected chi connectivity index (χ1v) is 24.9. The molecule has 2 aromatic heterocycles. The summed E-state index contributed by atoms with van der Waals surface area (Å²) in [5, 5.41) is 93.4. The zero-order chi connectivity index (χ0) is 72.0. The Balaban J connectivity index is 0.000000571. The number of nitrogens with one attached hydrogen (secondary N) is 3. The van der Waals surface area contributed by atoms with E-state index >= 15 is 0 Å². The van der Waals surface area contributed by atoms with Crippen molar-refractivity contribution in [2.45, 2.75) is 12.8 Å². The lowest BCUT2D eigenvalue weighted by Crippen LogP contribution is -2.21. The van der Waals surface area contributed by atoms with Crippen molar-refractivity contribution in [3.05, 3.63) is 178 Å². The van der Waals surface area contributed by atoms with Crippen LogP contribution in [0.25, 0.3) is 0 Å². The Kier molecular flexibility index (Phi) is 29.0. The molecule has 8 N–H and O–H groups in total. The van der Waals surface area contributed by atoms with Gasteiger partial charge in [-0.1, -0.05) is 65.1 Å². The molecule has 0 unspecified atom stereocenters. The minimum atomic E-state index is -2.69. The minimum absolute atomic E-state index is 0.00926. The van der Waals surface area contributed by atoms with Crippen LogP contribution in [0.15, 0.2) is 103 Å². The van der Waals surface area contributed by atoms with E-state index in [2.05, 4.69) is 25.7 Å². The first kappa shape index (κ1) is 62.7. The smallest absolute Gasteiger partial charge is 0.312 e. The summed E-state index contributed by atoms with van der Waals surface area (Å²) in [5.41, 5.74) is 12.6. The number of para-hydroxylation sites is 5. The van der Waals surface area contributed by atoms with Gasteiger partial charge in [0.05, 0.1) is 91.3 Å². The van der Waals surface area contributed by atoms with Gasteiger partial charge in [-0.2, -0.15) is 26.3 Å².